The zero-order valence-electron chi connectivity index (χ0n) is 16.4. The van der Waals surface area contributed by atoms with Crippen molar-refractivity contribution in [2.24, 2.45) is 0 Å². The van der Waals surface area contributed by atoms with Crippen LogP contribution < -0.4 is 5.32 Å². The second-order valence-electron chi connectivity index (χ2n) is 7.60. The van der Waals surface area contributed by atoms with Crippen LogP contribution in [0.1, 0.15) is 45.2 Å². The lowest BCUT2D eigenvalue weighted by Crippen LogP contribution is -2.32. The Balaban J connectivity index is 1.44. The van der Waals surface area contributed by atoms with Crippen LogP contribution in [0.25, 0.3) is 0 Å². The van der Waals surface area contributed by atoms with Gasteiger partial charge in [0, 0.05) is 11.6 Å². The summed E-state index contributed by atoms with van der Waals surface area (Å²) in [6.07, 6.45) is 4.32. The molecule has 0 saturated heterocycles. The predicted molar refractivity (Wildman–Crippen MR) is 109 cm³/mol. The van der Waals surface area contributed by atoms with Crippen molar-refractivity contribution in [1.29, 1.82) is 0 Å². The summed E-state index contributed by atoms with van der Waals surface area (Å²) in [6.45, 7) is 0.354. The minimum atomic E-state index is -3.93. The average molecular weight is 437 g/mol. The highest BCUT2D eigenvalue weighted by atomic mass is 32.2. The van der Waals surface area contributed by atoms with Crippen LogP contribution in [-0.2, 0) is 16.6 Å². The molecule has 2 aliphatic rings. The van der Waals surface area contributed by atoms with E-state index in [-0.39, 0.29) is 22.1 Å². The zero-order valence-corrected chi connectivity index (χ0v) is 17.2. The Kier molecular flexibility index (Phi) is 4.58. The fourth-order valence-electron chi connectivity index (χ4n) is 3.73. The van der Waals surface area contributed by atoms with Gasteiger partial charge in [-0.05, 0) is 36.6 Å². The zero-order chi connectivity index (χ0) is 21.6. The van der Waals surface area contributed by atoms with E-state index in [1.54, 1.807) is 11.0 Å². The van der Waals surface area contributed by atoms with Crippen molar-refractivity contribution >= 4 is 21.8 Å². The Morgan fingerprint density at radius 3 is 2.61 bits per heavy atom. The van der Waals surface area contributed by atoms with Crippen molar-refractivity contribution < 1.29 is 18.0 Å². The largest absolute Gasteiger partial charge is 0.343 e. The number of carbonyl (C=O) groups is 2. The summed E-state index contributed by atoms with van der Waals surface area (Å²) in [5.74, 6) is -0.956. The molecule has 1 atom stereocenters. The number of amides is 2. The van der Waals surface area contributed by atoms with Crippen molar-refractivity contribution in [1.82, 2.24) is 24.4 Å². The first kappa shape index (κ1) is 19.4. The number of fused-ring (bicyclic) bond motifs is 1. The molecule has 2 heterocycles. The molecule has 3 aromatic rings. The maximum Gasteiger partial charge on any atom is 0.269 e. The fraction of sp³-hybridized carbons (Fsp3) is 0.238. The predicted octanol–water partition coefficient (Wildman–Crippen LogP) is 1.76. The van der Waals surface area contributed by atoms with E-state index in [1.807, 2.05) is 30.3 Å². The summed E-state index contributed by atoms with van der Waals surface area (Å²) in [6, 6.07) is 12.9. The molecular weight excluding hydrogens is 418 g/mol. The van der Waals surface area contributed by atoms with Gasteiger partial charge in [0.05, 0.1) is 18.2 Å². The maximum absolute atomic E-state index is 13.0. The average Bonchev–Trinajstić information content (AvgIpc) is 3.41. The number of sulfonamides is 1. The van der Waals surface area contributed by atoms with Gasteiger partial charge in [-0.3, -0.25) is 14.3 Å². The molecular formula is C21H19N5O4S. The van der Waals surface area contributed by atoms with Gasteiger partial charge in [0.25, 0.3) is 21.8 Å². The Bertz CT molecular complexity index is 1250. The van der Waals surface area contributed by atoms with Gasteiger partial charge in [0.15, 0.2) is 0 Å². The standard InChI is InChI=1S/C21H19N5O4S/c27-20(24-18(11-25-13-22-12-23-25)14-4-2-1-3-5-14)15-6-9-17-19(10-15)31(29,30)26(21(17)28)16-7-8-16/h1-6,9-10,12-13,16,18H,7-8,11H2,(H,24,27). The molecule has 1 aliphatic carbocycles. The third-order valence-corrected chi connectivity index (χ3v) is 7.31. The molecule has 2 amide bonds. The van der Waals surface area contributed by atoms with Gasteiger partial charge in [-0.15, -0.1) is 0 Å². The topological polar surface area (TPSA) is 114 Å². The number of benzene rings is 2. The minimum Gasteiger partial charge on any atom is -0.343 e. The first-order valence-electron chi connectivity index (χ1n) is 9.86. The van der Waals surface area contributed by atoms with Crippen LogP contribution >= 0.6 is 0 Å². The summed E-state index contributed by atoms with van der Waals surface area (Å²) in [4.78, 5) is 29.4. The van der Waals surface area contributed by atoms with E-state index in [9.17, 15) is 18.0 Å². The number of rotatable bonds is 6. The van der Waals surface area contributed by atoms with Crippen LogP contribution in [0.2, 0.25) is 0 Å². The number of aromatic nitrogens is 3. The van der Waals surface area contributed by atoms with Gasteiger partial charge in [0.1, 0.15) is 17.6 Å². The number of carbonyl (C=O) groups excluding carboxylic acids is 2. The number of hydrogen-bond donors (Lipinski definition) is 1. The van der Waals surface area contributed by atoms with E-state index < -0.39 is 27.9 Å². The van der Waals surface area contributed by atoms with E-state index in [1.165, 1.54) is 24.5 Å². The molecule has 0 bridgehead atoms. The summed E-state index contributed by atoms with van der Waals surface area (Å²) in [7, 11) is -3.93. The lowest BCUT2D eigenvalue weighted by molar-refractivity contribution is 0.0863. The maximum atomic E-state index is 13.0. The summed E-state index contributed by atoms with van der Waals surface area (Å²) < 4.78 is 28.3. The molecule has 9 nitrogen and oxygen atoms in total. The van der Waals surface area contributed by atoms with Crippen LogP contribution in [0.3, 0.4) is 0 Å². The van der Waals surface area contributed by atoms with Crippen molar-refractivity contribution in [3.8, 4) is 0 Å². The molecule has 1 unspecified atom stereocenters. The van der Waals surface area contributed by atoms with Crippen LogP contribution in [-0.4, -0.2) is 45.3 Å². The number of nitrogens with one attached hydrogen (secondary N) is 1. The third-order valence-electron chi connectivity index (χ3n) is 5.43. The lowest BCUT2D eigenvalue weighted by Gasteiger charge is -2.19. The Hall–Kier alpha value is -3.53. The van der Waals surface area contributed by atoms with E-state index in [2.05, 4.69) is 15.4 Å². The fourth-order valence-corrected chi connectivity index (χ4v) is 5.58. The van der Waals surface area contributed by atoms with Gasteiger partial charge in [-0.25, -0.2) is 17.7 Å². The van der Waals surface area contributed by atoms with Gasteiger partial charge >= 0.3 is 0 Å². The first-order valence-corrected chi connectivity index (χ1v) is 11.3. The molecule has 5 rings (SSSR count). The third kappa shape index (κ3) is 3.48. The van der Waals surface area contributed by atoms with Gasteiger partial charge in [-0.1, -0.05) is 30.3 Å². The highest BCUT2D eigenvalue weighted by Crippen LogP contribution is 2.39. The smallest absolute Gasteiger partial charge is 0.269 e. The Morgan fingerprint density at radius 1 is 1.16 bits per heavy atom. The summed E-state index contributed by atoms with van der Waals surface area (Å²) >= 11 is 0. The monoisotopic (exact) mass is 437 g/mol. The molecule has 1 N–H and O–H groups in total. The molecule has 1 aliphatic heterocycles. The first-order chi connectivity index (χ1) is 14.9. The Labute approximate surface area is 178 Å². The quantitative estimate of drug-likeness (QED) is 0.629. The van der Waals surface area contributed by atoms with Gasteiger partial charge in [-0.2, -0.15) is 5.10 Å². The van der Waals surface area contributed by atoms with Crippen molar-refractivity contribution in [2.45, 2.75) is 36.4 Å². The van der Waals surface area contributed by atoms with Crippen molar-refractivity contribution in [3.63, 3.8) is 0 Å². The normalized spacial score (nSPS) is 17.9. The van der Waals surface area contributed by atoms with Crippen LogP contribution in [0.4, 0.5) is 0 Å². The van der Waals surface area contributed by atoms with E-state index in [0.717, 1.165) is 9.87 Å². The Morgan fingerprint density at radius 2 is 1.94 bits per heavy atom. The van der Waals surface area contributed by atoms with Gasteiger partial charge < -0.3 is 5.32 Å². The SMILES string of the molecule is O=C(NC(Cn1cncn1)c1ccccc1)c1ccc2c(c1)S(=O)(=O)N(C1CC1)C2=O. The van der Waals surface area contributed by atoms with Crippen LogP contribution in [0.15, 0.2) is 66.1 Å². The van der Waals surface area contributed by atoms with E-state index in [4.69, 9.17) is 0 Å². The summed E-state index contributed by atoms with van der Waals surface area (Å²) in [5.41, 5.74) is 1.16. The summed E-state index contributed by atoms with van der Waals surface area (Å²) in [5, 5.41) is 7.04. The molecule has 0 radical (unpaired) electrons. The molecule has 0 spiro atoms. The molecule has 1 aromatic heterocycles. The minimum absolute atomic E-state index is 0.107. The highest BCUT2D eigenvalue weighted by Gasteiger charge is 2.48. The van der Waals surface area contributed by atoms with Gasteiger partial charge in [0.2, 0.25) is 0 Å². The molecule has 31 heavy (non-hydrogen) atoms. The lowest BCUT2D eigenvalue weighted by atomic mass is 10.1. The highest BCUT2D eigenvalue weighted by molar-refractivity contribution is 7.90. The van der Waals surface area contributed by atoms with Crippen LogP contribution in [0, 0.1) is 0 Å². The second kappa shape index (κ2) is 7.31. The molecule has 10 heteroatoms. The van der Waals surface area contributed by atoms with Crippen molar-refractivity contribution in [3.05, 3.63) is 77.9 Å². The molecule has 1 fully saturated rings. The number of hydrogen-bond acceptors (Lipinski definition) is 6. The van der Waals surface area contributed by atoms with E-state index in [0.29, 0.717) is 19.4 Å². The van der Waals surface area contributed by atoms with E-state index >= 15 is 0 Å². The molecule has 2 aromatic carbocycles. The van der Waals surface area contributed by atoms with Crippen molar-refractivity contribution in [2.75, 3.05) is 0 Å². The molecule has 1 saturated carbocycles. The second-order valence-corrected chi connectivity index (χ2v) is 9.39. The van der Waals surface area contributed by atoms with Crippen LogP contribution in [0.5, 0.6) is 0 Å². The molecule has 158 valence electrons. The number of nitrogens with zero attached hydrogens (tertiary/aromatic N) is 4.